The average molecular weight is 446 g/mol. The highest BCUT2D eigenvalue weighted by molar-refractivity contribution is 7.59. The molecule has 0 amide bonds. The molecule has 0 spiro atoms. The fourth-order valence-electron chi connectivity index (χ4n) is 3.47. The molecule has 0 bridgehead atoms. The van der Waals surface area contributed by atoms with Crippen molar-refractivity contribution in [2.45, 2.75) is 77.4 Å². The summed E-state index contributed by atoms with van der Waals surface area (Å²) in [4.78, 5) is 4.65. The van der Waals surface area contributed by atoms with Gasteiger partial charge in [-0.1, -0.05) is 47.7 Å². The Morgan fingerprint density at radius 3 is 1.93 bits per heavy atom. The number of aryl methyl sites for hydroxylation is 1. The molecule has 8 heteroatoms. The number of nitrogens with zero attached hydrogens (tertiary/aromatic N) is 1. The van der Waals surface area contributed by atoms with Crippen LogP contribution in [0.5, 0.6) is 5.95 Å². The summed E-state index contributed by atoms with van der Waals surface area (Å²) in [6.07, 6.45) is -4.36. The summed E-state index contributed by atoms with van der Waals surface area (Å²) in [5.74, 6) is 0.924. The molecular weight excluding hydrogens is 414 g/mol. The third-order valence-electron chi connectivity index (χ3n) is 4.43. The Kier molecular flexibility index (Phi) is 7.27. The van der Waals surface area contributed by atoms with Crippen LogP contribution in [0.15, 0.2) is 28.7 Å². The van der Waals surface area contributed by atoms with Gasteiger partial charge in [0.15, 0.2) is 5.89 Å². The lowest BCUT2D eigenvalue weighted by atomic mass is 10.1. The highest BCUT2D eigenvalue weighted by Gasteiger charge is 2.37. The molecule has 1 aromatic carbocycles. The largest absolute Gasteiger partial charge is 0.518 e. The van der Waals surface area contributed by atoms with Crippen molar-refractivity contribution in [3.05, 3.63) is 47.0 Å². The van der Waals surface area contributed by atoms with Crippen LogP contribution in [0.25, 0.3) is 0 Å². The van der Waals surface area contributed by atoms with E-state index < -0.39 is 28.0 Å². The van der Waals surface area contributed by atoms with Crippen LogP contribution in [0.1, 0.15) is 56.1 Å². The first-order valence-electron chi connectivity index (χ1n) is 9.81. The quantitative estimate of drug-likeness (QED) is 0.325. The van der Waals surface area contributed by atoms with E-state index in [0.29, 0.717) is 28.8 Å². The summed E-state index contributed by atoms with van der Waals surface area (Å²) in [5.41, 5.74) is 1.44. The van der Waals surface area contributed by atoms with Gasteiger partial charge in [0.1, 0.15) is 5.69 Å². The number of hydrogen-bond donors (Lipinski definition) is 0. The van der Waals surface area contributed by atoms with Gasteiger partial charge in [0, 0.05) is 6.92 Å². The van der Waals surface area contributed by atoms with Crippen LogP contribution in [0, 0.1) is 6.92 Å². The molecule has 0 aliphatic carbocycles. The van der Waals surface area contributed by atoms with Crippen molar-refractivity contribution >= 4 is 16.2 Å². The minimum atomic E-state index is -4.36. The maximum absolute atomic E-state index is 13.1. The number of benzene rings is 1. The van der Waals surface area contributed by atoms with Gasteiger partial charge in [-0.3, -0.25) is 0 Å². The summed E-state index contributed by atoms with van der Waals surface area (Å²) in [6.45, 7) is 16.6. The second-order valence-electron chi connectivity index (χ2n) is 8.78. The summed E-state index contributed by atoms with van der Waals surface area (Å²) < 4.78 is 51.2. The van der Waals surface area contributed by atoms with Crippen molar-refractivity contribution in [2.24, 2.45) is 0 Å². The maximum Gasteiger partial charge on any atom is 0.416 e. The van der Waals surface area contributed by atoms with E-state index in [4.69, 9.17) is 8.84 Å². The highest BCUT2D eigenvalue weighted by atomic mass is 31.1. The van der Waals surface area contributed by atoms with Crippen molar-refractivity contribution in [1.82, 2.24) is 4.98 Å². The Balaban J connectivity index is 2.64. The molecule has 29 heavy (non-hydrogen) atoms. The molecule has 1 unspecified atom stereocenters. The molecule has 0 saturated carbocycles. The van der Waals surface area contributed by atoms with Gasteiger partial charge >= 0.3 is 6.18 Å². The standard InChI is InChI=1S/C21H31F3NO2PSi/c1-13(2)28(14(3)4)19(16-9-11-17(12-10-16)21(22,23)24)18-20(26-15(5)25-18)27-29(6,7)8/h9-14,19H,1-8H3. The first-order chi connectivity index (χ1) is 13.2. The van der Waals surface area contributed by atoms with E-state index in [-0.39, 0.29) is 5.66 Å². The molecule has 0 aliphatic rings. The monoisotopic (exact) mass is 445 g/mol. The fraction of sp³-hybridized carbons (Fsp3) is 0.571. The molecule has 0 N–H and O–H groups in total. The molecule has 1 aromatic heterocycles. The molecule has 0 aliphatic heterocycles. The number of hydrogen-bond acceptors (Lipinski definition) is 3. The predicted molar refractivity (Wildman–Crippen MR) is 116 cm³/mol. The second kappa shape index (κ2) is 8.81. The lowest BCUT2D eigenvalue weighted by Crippen LogP contribution is -2.29. The summed E-state index contributed by atoms with van der Waals surface area (Å²) in [7, 11) is -2.61. The minimum absolute atomic E-state index is 0.156. The lowest BCUT2D eigenvalue weighted by molar-refractivity contribution is -0.137. The van der Waals surface area contributed by atoms with Crippen molar-refractivity contribution in [3.8, 4) is 5.95 Å². The summed E-state index contributed by atoms with van der Waals surface area (Å²) in [5, 5.41) is 0. The molecule has 0 fully saturated rings. The Morgan fingerprint density at radius 1 is 1.00 bits per heavy atom. The van der Waals surface area contributed by atoms with Gasteiger partial charge in [-0.2, -0.15) is 13.2 Å². The van der Waals surface area contributed by atoms with Gasteiger partial charge in [-0.15, -0.1) is 0 Å². The fourth-order valence-corrected chi connectivity index (χ4v) is 7.52. The van der Waals surface area contributed by atoms with Gasteiger partial charge in [0.05, 0.1) is 11.2 Å². The molecule has 0 radical (unpaired) electrons. The van der Waals surface area contributed by atoms with Crippen LogP contribution >= 0.6 is 7.92 Å². The highest BCUT2D eigenvalue weighted by Crippen LogP contribution is 2.62. The molecule has 1 atom stereocenters. The van der Waals surface area contributed by atoms with E-state index >= 15 is 0 Å². The minimum Gasteiger partial charge on any atom is -0.518 e. The second-order valence-corrected chi connectivity index (χ2v) is 16.7. The smallest absolute Gasteiger partial charge is 0.416 e. The van der Waals surface area contributed by atoms with Crippen molar-refractivity contribution in [2.75, 3.05) is 0 Å². The van der Waals surface area contributed by atoms with Crippen molar-refractivity contribution in [1.29, 1.82) is 0 Å². The molecule has 162 valence electrons. The van der Waals surface area contributed by atoms with Crippen LogP contribution in [0.3, 0.4) is 0 Å². The van der Waals surface area contributed by atoms with Crippen LogP contribution in [0.2, 0.25) is 19.6 Å². The van der Waals surface area contributed by atoms with Crippen LogP contribution < -0.4 is 4.43 Å². The number of aromatic nitrogens is 1. The number of alkyl halides is 3. The summed E-state index contributed by atoms with van der Waals surface area (Å²) >= 11 is 0. The van der Waals surface area contributed by atoms with Gasteiger partial charge in [-0.25, -0.2) is 4.98 Å². The molecule has 2 aromatic rings. The Bertz CT molecular complexity index is 803. The molecule has 0 saturated heterocycles. The van der Waals surface area contributed by atoms with E-state index in [0.717, 1.165) is 17.7 Å². The van der Waals surface area contributed by atoms with Gasteiger partial charge in [0.2, 0.25) is 8.32 Å². The van der Waals surface area contributed by atoms with E-state index in [1.54, 1.807) is 19.1 Å². The van der Waals surface area contributed by atoms with E-state index in [1.165, 1.54) is 0 Å². The molecule has 2 rings (SSSR count). The number of rotatable bonds is 7. The zero-order valence-electron chi connectivity index (χ0n) is 18.4. The van der Waals surface area contributed by atoms with Crippen LogP contribution in [-0.4, -0.2) is 24.6 Å². The first kappa shape index (κ1) is 23.9. The maximum atomic E-state index is 13.1. The zero-order valence-corrected chi connectivity index (χ0v) is 20.3. The number of halogens is 3. The van der Waals surface area contributed by atoms with Crippen LogP contribution in [-0.2, 0) is 6.18 Å². The zero-order chi connectivity index (χ0) is 22.1. The van der Waals surface area contributed by atoms with E-state index in [9.17, 15) is 13.2 Å². The molecule has 1 heterocycles. The van der Waals surface area contributed by atoms with E-state index in [2.05, 4.69) is 52.3 Å². The predicted octanol–water partition coefficient (Wildman–Crippen LogP) is 7.60. The van der Waals surface area contributed by atoms with Crippen molar-refractivity contribution in [3.63, 3.8) is 0 Å². The summed E-state index contributed by atoms with van der Waals surface area (Å²) in [6, 6.07) is 5.47. The van der Waals surface area contributed by atoms with Crippen molar-refractivity contribution < 1.29 is 22.0 Å². The SMILES string of the molecule is Cc1nc(C(c2ccc(C(F)(F)F)cc2)P(C(C)C)C(C)C)c(O[Si](C)(C)C)o1. The molecular formula is C21H31F3NO2PSi. The van der Waals surface area contributed by atoms with Gasteiger partial charge in [0.25, 0.3) is 5.95 Å². The van der Waals surface area contributed by atoms with Gasteiger partial charge in [-0.05, 0) is 48.7 Å². The topological polar surface area (TPSA) is 35.3 Å². The van der Waals surface area contributed by atoms with Gasteiger partial charge < -0.3 is 8.84 Å². The average Bonchev–Trinajstić information content (AvgIpc) is 2.88. The number of oxazole rings is 1. The third-order valence-corrected chi connectivity index (χ3v) is 8.75. The lowest BCUT2D eigenvalue weighted by Gasteiger charge is -2.34. The normalized spacial score (nSPS) is 14.1. The Labute approximate surface area is 173 Å². The first-order valence-corrected chi connectivity index (χ1v) is 14.8. The molecule has 3 nitrogen and oxygen atoms in total. The Morgan fingerprint density at radius 2 is 1.52 bits per heavy atom. The Hall–Kier alpha value is -1.33. The third kappa shape index (κ3) is 6.08. The van der Waals surface area contributed by atoms with E-state index in [1.807, 2.05) is 0 Å². The van der Waals surface area contributed by atoms with Crippen LogP contribution in [0.4, 0.5) is 13.2 Å².